The number of carbonyl (C=O) groups excluding carboxylic acids is 1. The number of pyridine rings is 1. The van der Waals surface area contributed by atoms with E-state index in [-0.39, 0.29) is 10.9 Å². The lowest BCUT2D eigenvalue weighted by molar-refractivity contribution is 0.256. The predicted octanol–water partition coefficient (Wildman–Crippen LogP) is 3.32. The molecule has 0 bridgehead atoms. The first-order valence-electron chi connectivity index (χ1n) is 10.2. The Morgan fingerprint density at radius 2 is 1.97 bits per heavy atom. The Balaban J connectivity index is 1.93. The van der Waals surface area contributed by atoms with Gasteiger partial charge in [0, 0.05) is 43.2 Å². The molecule has 0 spiro atoms. The summed E-state index contributed by atoms with van der Waals surface area (Å²) in [7, 11) is 1.09. The van der Waals surface area contributed by atoms with Crippen molar-refractivity contribution < 1.29 is 17.6 Å². The third kappa shape index (κ3) is 5.74. The van der Waals surface area contributed by atoms with Gasteiger partial charge in [0.25, 0.3) is 10.0 Å². The molecule has 3 rings (SSSR count). The molecule has 9 nitrogen and oxygen atoms in total. The molecule has 0 saturated carbocycles. The van der Waals surface area contributed by atoms with Crippen LogP contribution in [0.15, 0.2) is 47.8 Å². The fourth-order valence-corrected chi connectivity index (χ4v) is 4.29. The second-order valence-corrected chi connectivity index (χ2v) is 9.84. The van der Waals surface area contributed by atoms with Gasteiger partial charge in [-0.15, -0.1) is 0 Å². The zero-order valence-electron chi connectivity index (χ0n) is 19.1. The van der Waals surface area contributed by atoms with Crippen molar-refractivity contribution in [2.24, 2.45) is 7.05 Å². The van der Waals surface area contributed by atoms with Gasteiger partial charge in [-0.3, -0.25) is 9.67 Å². The zero-order valence-corrected chi connectivity index (χ0v) is 19.9. The molecule has 0 unspecified atom stereocenters. The van der Waals surface area contributed by atoms with E-state index in [9.17, 15) is 17.6 Å². The van der Waals surface area contributed by atoms with Crippen LogP contribution in [-0.4, -0.2) is 48.2 Å². The molecule has 176 valence electrons. The molecule has 1 aromatic carbocycles. The van der Waals surface area contributed by atoms with Crippen LogP contribution in [0.4, 0.5) is 14.9 Å². The van der Waals surface area contributed by atoms with Gasteiger partial charge in [-0.1, -0.05) is 19.9 Å². The molecule has 11 heteroatoms. The number of nitrogens with one attached hydrogen (secondary N) is 2. The maximum atomic E-state index is 14.4. The summed E-state index contributed by atoms with van der Waals surface area (Å²) in [5.41, 5.74) is 2.47. The minimum absolute atomic E-state index is 0.146. The van der Waals surface area contributed by atoms with Crippen LogP contribution in [0.2, 0.25) is 0 Å². The first kappa shape index (κ1) is 24.3. The summed E-state index contributed by atoms with van der Waals surface area (Å²) in [6.45, 7) is 4.18. The number of benzene rings is 1. The van der Waals surface area contributed by atoms with E-state index in [1.165, 1.54) is 22.9 Å². The zero-order chi connectivity index (χ0) is 24.3. The molecule has 0 saturated heterocycles. The highest BCUT2D eigenvalue weighted by Gasteiger charge is 2.24. The Morgan fingerprint density at radius 3 is 2.58 bits per heavy atom. The number of aryl methyl sites for hydroxylation is 1. The summed E-state index contributed by atoms with van der Waals surface area (Å²) in [5.74, 6) is -0.620. The minimum Gasteiger partial charge on any atom is -0.306 e. The number of urea groups is 1. The molecule has 2 amide bonds. The molecule has 0 aliphatic carbocycles. The van der Waals surface area contributed by atoms with E-state index in [4.69, 9.17) is 0 Å². The number of carbonyl (C=O) groups is 1. The lowest BCUT2D eigenvalue weighted by atomic mass is 9.94. The van der Waals surface area contributed by atoms with E-state index in [0.29, 0.717) is 34.6 Å². The van der Waals surface area contributed by atoms with Crippen LogP contribution in [-0.2, 0) is 23.6 Å². The Bertz CT molecular complexity index is 1260. The Labute approximate surface area is 192 Å². The quantitative estimate of drug-likeness (QED) is 0.544. The number of anilines is 1. The summed E-state index contributed by atoms with van der Waals surface area (Å²) in [4.78, 5) is 18.7. The second kappa shape index (κ2) is 9.67. The SMILES string of the molecule is CC(C)c1cc(F)cc(-c2cccnc2)c1NC(=O)NS(=O)(=O)c1cc(CN(C)C)n(C)n1. The highest BCUT2D eigenvalue weighted by molar-refractivity contribution is 7.90. The number of hydrogen-bond acceptors (Lipinski definition) is 6. The van der Waals surface area contributed by atoms with Crippen LogP contribution in [0.1, 0.15) is 31.0 Å². The van der Waals surface area contributed by atoms with Crippen LogP contribution in [0, 0.1) is 5.82 Å². The van der Waals surface area contributed by atoms with Crippen LogP contribution in [0.3, 0.4) is 0 Å². The molecule has 33 heavy (non-hydrogen) atoms. The van der Waals surface area contributed by atoms with E-state index in [0.717, 1.165) is 0 Å². The number of sulfonamides is 1. The summed E-state index contributed by atoms with van der Waals surface area (Å²) in [6.07, 6.45) is 3.12. The predicted molar refractivity (Wildman–Crippen MR) is 124 cm³/mol. The lowest BCUT2D eigenvalue weighted by Gasteiger charge is -2.19. The Morgan fingerprint density at radius 1 is 1.24 bits per heavy atom. The highest BCUT2D eigenvalue weighted by atomic mass is 32.2. The first-order chi connectivity index (χ1) is 15.5. The summed E-state index contributed by atoms with van der Waals surface area (Å²) < 4.78 is 43.4. The first-order valence-corrected chi connectivity index (χ1v) is 11.7. The van der Waals surface area contributed by atoms with Crippen LogP contribution in [0.5, 0.6) is 0 Å². The number of amides is 2. The molecule has 0 radical (unpaired) electrons. The molecule has 2 N–H and O–H groups in total. The average molecular weight is 475 g/mol. The van der Waals surface area contributed by atoms with E-state index in [1.807, 2.05) is 37.6 Å². The normalized spacial score (nSPS) is 11.8. The fraction of sp³-hybridized carbons (Fsp3) is 0.318. The second-order valence-electron chi connectivity index (χ2n) is 8.21. The molecule has 2 aromatic heterocycles. The van der Waals surface area contributed by atoms with Gasteiger partial charge >= 0.3 is 6.03 Å². The topological polar surface area (TPSA) is 109 Å². The summed E-state index contributed by atoms with van der Waals surface area (Å²) in [6, 6.07) is 6.45. The smallest absolute Gasteiger partial charge is 0.306 e. The third-order valence-electron chi connectivity index (χ3n) is 4.90. The number of nitrogens with zero attached hydrogens (tertiary/aromatic N) is 4. The van der Waals surface area contributed by atoms with Gasteiger partial charge in [0.05, 0.1) is 11.4 Å². The summed E-state index contributed by atoms with van der Waals surface area (Å²) >= 11 is 0. The van der Waals surface area contributed by atoms with E-state index >= 15 is 0 Å². The highest BCUT2D eigenvalue weighted by Crippen LogP contribution is 2.35. The van der Waals surface area contributed by atoms with Crippen molar-refractivity contribution in [1.82, 2.24) is 24.4 Å². The van der Waals surface area contributed by atoms with Crippen molar-refractivity contribution >= 4 is 21.7 Å². The molecule has 0 aliphatic rings. The van der Waals surface area contributed by atoms with Crippen molar-refractivity contribution in [1.29, 1.82) is 0 Å². The van der Waals surface area contributed by atoms with Crippen molar-refractivity contribution in [3.63, 3.8) is 0 Å². The fourth-order valence-electron chi connectivity index (χ4n) is 3.37. The molecule has 3 aromatic rings. The lowest BCUT2D eigenvalue weighted by Crippen LogP contribution is -2.35. The van der Waals surface area contributed by atoms with E-state index in [1.54, 1.807) is 31.6 Å². The van der Waals surface area contributed by atoms with Crippen molar-refractivity contribution in [2.45, 2.75) is 31.3 Å². The van der Waals surface area contributed by atoms with E-state index < -0.39 is 21.9 Å². The largest absolute Gasteiger partial charge is 0.333 e. The van der Waals surface area contributed by atoms with Crippen LogP contribution < -0.4 is 10.0 Å². The summed E-state index contributed by atoms with van der Waals surface area (Å²) in [5, 5.41) is 6.35. The standard InChI is InChI=1S/C22H27FN6O3S/c1-14(2)18-9-16(23)10-19(15-7-6-8-24-12-15)21(18)25-22(30)27-33(31,32)20-11-17(13-28(3)4)29(5)26-20/h6-12,14H,13H2,1-5H3,(H2,25,27,30). The monoisotopic (exact) mass is 474 g/mol. The van der Waals surface area contributed by atoms with Crippen molar-refractivity contribution in [2.75, 3.05) is 19.4 Å². The molecule has 0 atom stereocenters. The molecule has 0 fully saturated rings. The van der Waals surface area contributed by atoms with Gasteiger partial charge in [-0.25, -0.2) is 13.9 Å². The minimum atomic E-state index is -4.23. The van der Waals surface area contributed by atoms with Crippen LogP contribution >= 0.6 is 0 Å². The van der Waals surface area contributed by atoms with Gasteiger partial charge in [-0.2, -0.15) is 13.5 Å². The maximum Gasteiger partial charge on any atom is 0.333 e. The number of halogens is 1. The number of rotatable bonds is 7. The van der Waals surface area contributed by atoms with Gasteiger partial charge in [0.15, 0.2) is 5.03 Å². The Hall–Kier alpha value is -3.31. The maximum absolute atomic E-state index is 14.4. The van der Waals surface area contributed by atoms with E-state index in [2.05, 4.69) is 15.4 Å². The van der Waals surface area contributed by atoms with Gasteiger partial charge in [-0.05, 0) is 43.8 Å². The number of hydrogen-bond donors (Lipinski definition) is 2. The van der Waals surface area contributed by atoms with Gasteiger partial charge in [0.2, 0.25) is 0 Å². The van der Waals surface area contributed by atoms with Crippen molar-refractivity contribution in [3.05, 3.63) is 59.8 Å². The van der Waals surface area contributed by atoms with Gasteiger partial charge < -0.3 is 10.2 Å². The molecular weight excluding hydrogens is 447 g/mol. The average Bonchev–Trinajstić information content (AvgIpc) is 3.09. The molecule has 2 heterocycles. The van der Waals surface area contributed by atoms with Gasteiger partial charge in [0.1, 0.15) is 5.82 Å². The molecular formula is C22H27FN6O3S. The molecule has 0 aliphatic heterocycles. The number of aromatic nitrogens is 3. The third-order valence-corrected chi connectivity index (χ3v) is 6.11. The Kier molecular flexibility index (Phi) is 7.13. The van der Waals surface area contributed by atoms with Crippen LogP contribution in [0.25, 0.3) is 11.1 Å². The van der Waals surface area contributed by atoms with Crippen molar-refractivity contribution in [3.8, 4) is 11.1 Å².